The number of ether oxygens (including phenoxy) is 1. The van der Waals surface area contributed by atoms with Crippen molar-refractivity contribution >= 4 is 28.4 Å². The maximum Gasteiger partial charge on any atom is 0.251 e. The number of carbonyl (C=O) groups is 1. The monoisotopic (exact) mass is 340 g/mol. The van der Waals surface area contributed by atoms with Crippen LogP contribution in [0.15, 0.2) is 30.6 Å². The average molecular weight is 340 g/mol. The van der Waals surface area contributed by atoms with Crippen LogP contribution in [-0.4, -0.2) is 25.7 Å². The van der Waals surface area contributed by atoms with Gasteiger partial charge in [0.2, 0.25) is 5.91 Å². The number of fused-ring (bicyclic) bond motifs is 1. The standard InChI is InChI=1S/C17H20N6O2/c1-10(24)21-11-5-7-12(8-6-11)25-16-13-14(18)19-9-20-15(13)23(22-16)17(2,3)4/h5-9H,1-4H3,(H,21,24)(H2,18,19,20). The van der Waals surface area contributed by atoms with E-state index < -0.39 is 0 Å². The zero-order valence-electron chi connectivity index (χ0n) is 14.6. The molecule has 3 N–H and O–H groups in total. The van der Waals surface area contributed by atoms with Crippen molar-refractivity contribution < 1.29 is 9.53 Å². The fraction of sp³-hybridized carbons (Fsp3) is 0.294. The number of rotatable bonds is 3. The van der Waals surface area contributed by atoms with Crippen molar-refractivity contribution in [1.82, 2.24) is 19.7 Å². The Kier molecular flexibility index (Phi) is 4.03. The first-order valence-corrected chi connectivity index (χ1v) is 7.81. The van der Waals surface area contributed by atoms with Gasteiger partial charge in [0.15, 0.2) is 5.65 Å². The van der Waals surface area contributed by atoms with Crippen LogP contribution in [0.5, 0.6) is 11.6 Å². The van der Waals surface area contributed by atoms with Crippen LogP contribution in [0.3, 0.4) is 0 Å². The summed E-state index contributed by atoms with van der Waals surface area (Å²) in [5.74, 6) is 1.09. The van der Waals surface area contributed by atoms with E-state index in [1.165, 1.54) is 13.3 Å². The van der Waals surface area contributed by atoms with E-state index >= 15 is 0 Å². The first-order valence-electron chi connectivity index (χ1n) is 7.81. The Morgan fingerprint density at radius 3 is 2.48 bits per heavy atom. The Hall–Kier alpha value is -3.16. The van der Waals surface area contributed by atoms with Crippen LogP contribution in [0.25, 0.3) is 11.0 Å². The molecule has 0 unspecified atom stereocenters. The van der Waals surface area contributed by atoms with E-state index in [1.807, 2.05) is 20.8 Å². The molecule has 3 rings (SSSR count). The van der Waals surface area contributed by atoms with E-state index in [-0.39, 0.29) is 11.4 Å². The number of hydrogen-bond acceptors (Lipinski definition) is 6. The van der Waals surface area contributed by atoms with Crippen LogP contribution < -0.4 is 15.8 Å². The second-order valence-corrected chi connectivity index (χ2v) is 6.65. The first kappa shape index (κ1) is 16.7. The summed E-state index contributed by atoms with van der Waals surface area (Å²) in [5.41, 5.74) is 7.02. The van der Waals surface area contributed by atoms with Crippen LogP contribution >= 0.6 is 0 Å². The minimum Gasteiger partial charge on any atom is -0.437 e. The summed E-state index contributed by atoms with van der Waals surface area (Å²) < 4.78 is 7.67. The second kappa shape index (κ2) is 6.04. The Balaban J connectivity index is 2.00. The third-order valence-corrected chi connectivity index (χ3v) is 3.49. The molecule has 0 radical (unpaired) electrons. The van der Waals surface area contributed by atoms with E-state index in [0.29, 0.717) is 34.2 Å². The number of nitrogens with two attached hydrogens (primary N) is 1. The summed E-state index contributed by atoms with van der Waals surface area (Å²) in [6.07, 6.45) is 1.41. The van der Waals surface area contributed by atoms with Gasteiger partial charge in [-0.3, -0.25) is 4.79 Å². The highest BCUT2D eigenvalue weighted by atomic mass is 16.5. The zero-order chi connectivity index (χ0) is 18.2. The molecule has 0 spiro atoms. The van der Waals surface area contributed by atoms with Gasteiger partial charge in [-0.2, -0.15) is 0 Å². The maximum absolute atomic E-state index is 11.1. The lowest BCUT2D eigenvalue weighted by Gasteiger charge is -2.19. The molecule has 0 aliphatic heterocycles. The topological polar surface area (TPSA) is 108 Å². The van der Waals surface area contributed by atoms with Crippen LogP contribution in [0.1, 0.15) is 27.7 Å². The number of nitrogens with zero attached hydrogens (tertiary/aromatic N) is 4. The summed E-state index contributed by atoms with van der Waals surface area (Å²) in [5, 5.41) is 7.81. The molecular weight excluding hydrogens is 320 g/mol. The third-order valence-electron chi connectivity index (χ3n) is 3.49. The highest BCUT2D eigenvalue weighted by Crippen LogP contribution is 2.34. The maximum atomic E-state index is 11.1. The third kappa shape index (κ3) is 3.37. The van der Waals surface area contributed by atoms with Crippen molar-refractivity contribution in [3.05, 3.63) is 30.6 Å². The van der Waals surface area contributed by atoms with Gasteiger partial charge in [-0.25, -0.2) is 14.6 Å². The fourth-order valence-electron chi connectivity index (χ4n) is 2.40. The number of hydrogen-bond donors (Lipinski definition) is 2. The number of aromatic nitrogens is 4. The van der Waals surface area contributed by atoms with E-state index in [1.54, 1.807) is 28.9 Å². The molecule has 0 fully saturated rings. The SMILES string of the molecule is CC(=O)Nc1ccc(Oc2nn(C(C)(C)C)c3ncnc(N)c23)cc1. The van der Waals surface area contributed by atoms with Crippen molar-refractivity contribution in [1.29, 1.82) is 0 Å². The molecule has 130 valence electrons. The molecule has 1 amide bonds. The van der Waals surface area contributed by atoms with Gasteiger partial charge in [0.1, 0.15) is 23.3 Å². The van der Waals surface area contributed by atoms with Gasteiger partial charge in [0, 0.05) is 12.6 Å². The van der Waals surface area contributed by atoms with E-state index in [9.17, 15) is 4.79 Å². The summed E-state index contributed by atoms with van der Waals surface area (Å²) in [4.78, 5) is 19.4. The van der Waals surface area contributed by atoms with Crippen molar-refractivity contribution in [2.24, 2.45) is 0 Å². The summed E-state index contributed by atoms with van der Waals surface area (Å²) in [6.45, 7) is 7.51. The second-order valence-electron chi connectivity index (χ2n) is 6.65. The summed E-state index contributed by atoms with van der Waals surface area (Å²) in [7, 11) is 0. The number of anilines is 2. The minimum absolute atomic E-state index is 0.131. The van der Waals surface area contributed by atoms with Gasteiger partial charge < -0.3 is 15.8 Å². The molecule has 0 saturated heterocycles. The lowest BCUT2D eigenvalue weighted by molar-refractivity contribution is -0.114. The van der Waals surface area contributed by atoms with Crippen LogP contribution in [-0.2, 0) is 10.3 Å². The van der Waals surface area contributed by atoms with E-state index in [4.69, 9.17) is 10.5 Å². The van der Waals surface area contributed by atoms with Crippen molar-refractivity contribution in [2.45, 2.75) is 33.2 Å². The van der Waals surface area contributed by atoms with Crippen molar-refractivity contribution in [2.75, 3.05) is 11.1 Å². The minimum atomic E-state index is -0.296. The number of benzene rings is 1. The lowest BCUT2D eigenvalue weighted by atomic mass is 10.1. The zero-order valence-corrected chi connectivity index (χ0v) is 14.6. The molecule has 3 aromatic rings. The van der Waals surface area contributed by atoms with Crippen LogP contribution in [0.2, 0.25) is 0 Å². The lowest BCUT2D eigenvalue weighted by Crippen LogP contribution is -2.23. The van der Waals surface area contributed by atoms with Gasteiger partial charge in [-0.1, -0.05) is 0 Å². The number of carbonyl (C=O) groups excluding carboxylic acids is 1. The normalized spacial score (nSPS) is 11.5. The predicted octanol–water partition coefficient (Wildman–Crippen LogP) is 2.91. The number of amides is 1. The molecule has 2 aromatic heterocycles. The smallest absolute Gasteiger partial charge is 0.251 e. The van der Waals surface area contributed by atoms with E-state index in [0.717, 1.165) is 0 Å². The molecule has 1 aromatic carbocycles. The Bertz CT molecular complexity index is 925. The van der Waals surface area contributed by atoms with Gasteiger partial charge in [-0.05, 0) is 45.0 Å². The molecule has 0 atom stereocenters. The number of nitrogen functional groups attached to an aromatic ring is 1. The molecule has 0 aliphatic rings. The van der Waals surface area contributed by atoms with Gasteiger partial charge in [0.05, 0.1) is 5.54 Å². The fourth-order valence-corrected chi connectivity index (χ4v) is 2.40. The quantitative estimate of drug-likeness (QED) is 0.759. The molecular formula is C17H20N6O2. The first-order chi connectivity index (χ1) is 11.8. The Morgan fingerprint density at radius 1 is 1.20 bits per heavy atom. The Labute approximate surface area is 145 Å². The van der Waals surface area contributed by atoms with Crippen LogP contribution in [0.4, 0.5) is 11.5 Å². The highest BCUT2D eigenvalue weighted by Gasteiger charge is 2.24. The molecule has 25 heavy (non-hydrogen) atoms. The molecule has 0 bridgehead atoms. The van der Waals surface area contributed by atoms with Crippen molar-refractivity contribution in [3.8, 4) is 11.6 Å². The molecule has 8 nitrogen and oxygen atoms in total. The van der Waals surface area contributed by atoms with E-state index in [2.05, 4.69) is 20.4 Å². The highest BCUT2D eigenvalue weighted by molar-refractivity contribution is 5.91. The van der Waals surface area contributed by atoms with Crippen LogP contribution in [0, 0.1) is 0 Å². The van der Waals surface area contributed by atoms with Crippen molar-refractivity contribution in [3.63, 3.8) is 0 Å². The molecule has 2 heterocycles. The Morgan fingerprint density at radius 2 is 1.88 bits per heavy atom. The number of nitrogens with one attached hydrogen (secondary N) is 1. The molecule has 0 saturated carbocycles. The summed E-state index contributed by atoms with van der Waals surface area (Å²) >= 11 is 0. The average Bonchev–Trinajstić information content (AvgIpc) is 2.89. The molecule has 8 heteroatoms. The largest absolute Gasteiger partial charge is 0.437 e. The van der Waals surface area contributed by atoms with Gasteiger partial charge >= 0.3 is 0 Å². The predicted molar refractivity (Wildman–Crippen MR) is 95.6 cm³/mol. The van der Waals surface area contributed by atoms with Gasteiger partial charge in [0.25, 0.3) is 5.88 Å². The molecule has 0 aliphatic carbocycles. The summed E-state index contributed by atoms with van der Waals surface area (Å²) in [6, 6.07) is 6.99. The van der Waals surface area contributed by atoms with Gasteiger partial charge in [-0.15, -0.1) is 5.10 Å².